The first-order valence-corrected chi connectivity index (χ1v) is 8.50. The first-order valence-electron chi connectivity index (χ1n) is 8.50. The van der Waals surface area contributed by atoms with Crippen molar-refractivity contribution in [3.05, 3.63) is 23.0 Å². The molecule has 2 rings (SSSR count). The van der Waals surface area contributed by atoms with Crippen LogP contribution in [0.4, 0.5) is 0 Å². The third-order valence-electron chi connectivity index (χ3n) is 4.85. The zero-order valence-electron chi connectivity index (χ0n) is 14.1. The molecule has 1 heterocycles. The fourth-order valence-corrected chi connectivity index (χ4v) is 3.60. The molecule has 1 aromatic heterocycles. The summed E-state index contributed by atoms with van der Waals surface area (Å²) in [6, 6.07) is 2.69. The quantitative estimate of drug-likeness (QED) is 0.784. The van der Waals surface area contributed by atoms with E-state index in [2.05, 4.69) is 31.4 Å². The Bertz CT molecular complexity index is 484. The van der Waals surface area contributed by atoms with Crippen LogP contribution in [0.15, 0.2) is 6.07 Å². The number of hydrogen-bond donors (Lipinski definition) is 0. The van der Waals surface area contributed by atoms with Crippen molar-refractivity contribution in [3.63, 3.8) is 0 Å². The van der Waals surface area contributed by atoms with Gasteiger partial charge >= 0.3 is 0 Å². The number of unbranched alkanes of at least 4 members (excludes halogenated alkanes) is 1. The molecule has 0 atom stereocenters. The SMILES string of the molecule is CCCCN(C)C(=O)c1cc(C)n(C2CCCCC2)c1C. The molecule has 3 heteroatoms. The predicted octanol–water partition coefficient (Wildman–Crippen LogP) is 4.48. The van der Waals surface area contributed by atoms with E-state index >= 15 is 0 Å². The van der Waals surface area contributed by atoms with Crippen LogP contribution >= 0.6 is 0 Å². The lowest BCUT2D eigenvalue weighted by Gasteiger charge is -2.26. The van der Waals surface area contributed by atoms with Crippen LogP contribution in [0.25, 0.3) is 0 Å². The Morgan fingerprint density at radius 1 is 1.29 bits per heavy atom. The average molecular weight is 290 g/mol. The number of rotatable bonds is 5. The van der Waals surface area contributed by atoms with Crippen molar-refractivity contribution in [1.82, 2.24) is 9.47 Å². The van der Waals surface area contributed by atoms with Gasteiger partial charge in [-0.15, -0.1) is 0 Å². The lowest BCUT2D eigenvalue weighted by molar-refractivity contribution is 0.0792. The van der Waals surface area contributed by atoms with Crippen LogP contribution in [0, 0.1) is 13.8 Å². The van der Waals surface area contributed by atoms with Gasteiger partial charge in [0.05, 0.1) is 5.56 Å². The van der Waals surface area contributed by atoms with Gasteiger partial charge in [0.15, 0.2) is 0 Å². The van der Waals surface area contributed by atoms with E-state index in [1.807, 2.05) is 11.9 Å². The van der Waals surface area contributed by atoms with Crippen LogP contribution < -0.4 is 0 Å². The van der Waals surface area contributed by atoms with E-state index in [1.54, 1.807) is 0 Å². The second-order valence-corrected chi connectivity index (χ2v) is 6.53. The van der Waals surface area contributed by atoms with E-state index in [-0.39, 0.29) is 5.91 Å². The number of carbonyl (C=O) groups is 1. The molecule has 0 unspecified atom stereocenters. The third-order valence-corrected chi connectivity index (χ3v) is 4.85. The van der Waals surface area contributed by atoms with Crippen LogP contribution in [0.1, 0.15) is 79.7 Å². The largest absolute Gasteiger partial charge is 0.345 e. The second-order valence-electron chi connectivity index (χ2n) is 6.53. The summed E-state index contributed by atoms with van der Waals surface area (Å²) < 4.78 is 2.42. The molecule has 0 radical (unpaired) electrons. The minimum atomic E-state index is 0.179. The number of hydrogen-bond acceptors (Lipinski definition) is 1. The summed E-state index contributed by atoms with van der Waals surface area (Å²) in [5.41, 5.74) is 3.30. The standard InChI is InChI=1S/C18H30N2O/c1-5-6-12-19(4)18(21)17-13-14(2)20(15(17)3)16-10-8-7-9-11-16/h13,16H,5-12H2,1-4H3. The highest BCUT2D eigenvalue weighted by Gasteiger charge is 2.23. The van der Waals surface area contributed by atoms with E-state index in [0.717, 1.165) is 30.6 Å². The molecule has 1 saturated carbocycles. The van der Waals surface area contributed by atoms with E-state index in [9.17, 15) is 4.79 Å². The van der Waals surface area contributed by atoms with Gasteiger partial charge in [-0.3, -0.25) is 4.79 Å². The molecule has 0 spiro atoms. The van der Waals surface area contributed by atoms with Gasteiger partial charge in [0, 0.05) is 31.0 Å². The molecule has 21 heavy (non-hydrogen) atoms. The molecule has 0 aliphatic heterocycles. The van der Waals surface area contributed by atoms with Gasteiger partial charge in [-0.1, -0.05) is 32.6 Å². The van der Waals surface area contributed by atoms with E-state index < -0.39 is 0 Å². The highest BCUT2D eigenvalue weighted by atomic mass is 16.2. The third kappa shape index (κ3) is 3.50. The van der Waals surface area contributed by atoms with Crippen LogP contribution in [-0.2, 0) is 0 Å². The summed E-state index contributed by atoms with van der Waals surface area (Å²) in [4.78, 5) is 14.5. The van der Waals surface area contributed by atoms with Gasteiger partial charge in [0.25, 0.3) is 5.91 Å². The normalized spacial score (nSPS) is 16.2. The Morgan fingerprint density at radius 3 is 2.57 bits per heavy atom. The number of nitrogens with zero attached hydrogens (tertiary/aromatic N) is 2. The molecule has 1 aromatic rings. The number of aromatic nitrogens is 1. The van der Waals surface area contributed by atoms with Gasteiger partial charge in [0.2, 0.25) is 0 Å². The highest BCUT2D eigenvalue weighted by Crippen LogP contribution is 2.32. The molecule has 0 saturated heterocycles. The number of carbonyl (C=O) groups excluding carboxylic acids is 1. The Morgan fingerprint density at radius 2 is 1.95 bits per heavy atom. The Kier molecular flexibility index (Phi) is 5.49. The van der Waals surface area contributed by atoms with Crippen LogP contribution in [-0.4, -0.2) is 29.0 Å². The first kappa shape index (κ1) is 16.1. The van der Waals surface area contributed by atoms with Gasteiger partial charge in [-0.05, 0) is 39.2 Å². The van der Waals surface area contributed by atoms with Crippen molar-refractivity contribution < 1.29 is 4.79 Å². The molecule has 0 aromatic carbocycles. The number of amides is 1. The summed E-state index contributed by atoms with van der Waals surface area (Å²) in [6.07, 6.45) is 8.72. The molecule has 0 N–H and O–H groups in total. The van der Waals surface area contributed by atoms with Crippen molar-refractivity contribution in [1.29, 1.82) is 0 Å². The van der Waals surface area contributed by atoms with Gasteiger partial charge in [0.1, 0.15) is 0 Å². The van der Waals surface area contributed by atoms with Gasteiger partial charge < -0.3 is 9.47 Å². The smallest absolute Gasteiger partial charge is 0.255 e. The fourth-order valence-electron chi connectivity index (χ4n) is 3.60. The highest BCUT2D eigenvalue weighted by molar-refractivity contribution is 5.95. The molecular weight excluding hydrogens is 260 g/mol. The molecule has 1 amide bonds. The van der Waals surface area contributed by atoms with E-state index in [1.165, 1.54) is 37.8 Å². The van der Waals surface area contributed by atoms with Crippen molar-refractivity contribution in [2.24, 2.45) is 0 Å². The lowest BCUT2D eigenvalue weighted by atomic mass is 9.95. The monoisotopic (exact) mass is 290 g/mol. The summed E-state index contributed by atoms with van der Waals surface area (Å²) in [6.45, 7) is 7.27. The summed E-state index contributed by atoms with van der Waals surface area (Å²) in [5.74, 6) is 0.179. The zero-order valence-corrected chi connectivity index (χ0v) is 14.1. The minimum absolute atomic E-state index is 0.179. The van der Waals surface area contributed by atoms with Gasteiger partial charge in [-0.2, -0.15) is 0 Å². The summed E-state index contributed by atoms with van der Waals surface area (Å²) >= 11 is 0. The molecule has 1 aliphatic rings. The first-order chi connectivity index (χ1) is 10.1. The maximum atomic E-state index is 12.6. The summed E-state index contributed by atoms with van der Waals surface area (Å²) in [7, 11) is 1.92. The van der Waals surface area contributed by atoms with Crippen LogP contribution in [0.5, 0.6) is 0 Å². The number of aryl methyl sites for hydroxylation is 1. The topological polar surface area (TPSA) is 25.2 Å². The summed E-state index contributed by atoms with van der Waals surface area (Å²) in [5, 5.41) is 0. The molecule has 118 valence electrons. The molecule has 0 bridgehead atoms. The maximum Gasteiger partial charge on any atom is 0.255 e. The Labute approximate surface area is 129 Å². The van der Waals surface area contributed by atoms with E-state index in [0.29, 0.717) is 6.04 Å². The van der Waals surface area contributed by atoms with Crippen LogP contribution in [0.2, 0.25) is 0 Å². The molecular formula is C18H30N2O. The van der Waals surface area contributed by atoms with Crippen molar-refractivity contribution in [2.45, 2.75) is 71.8 Å². The zero-order chi connectivity index (χ0) is 15.4. The van der Waals surface area contributed by atoms with Crippen molar-refractivity contribution in [3.8, 4) is 0 Å². The molecule has 1 fully saturated rings. The second kappa shape index (κ2) is 7.15. The Balaban J connectivity index is 2.19. The predicted molar refractivity (Wildman–Crippen MR) is 87.9 cm³/mol. The van der Waals surface area contributed by atoms with Crippen molar-refractivity contribution >= 4 is 5.91 Å². The minimum Gasteiger partial charge on any atom is -0.345 e. The fraction of sp³-hybridized carbons (Fsp3) is 0.722. The maximum absolute atomic E-state index is 12.6. The average Bonchev–Trinajstić information content (AvgIpc) is 2.79. The van der Waals surface area contributed by atoms with E-state index in [4.69, 9.17) is 0 Å². The Hall–Kier alpha value is -1.25. The van der Waals surface area contributed by atoms with Gasteiger partial charge in [-0.25, -0.2) is 0 Å². The molecule has 3 nitrogen and oxygen atoms in total. The van der Waals surface area contributed by atoms with Crippen LogP contribution in [0.3, 0.4) is 0 Å². The van der Waals surface area contributed by atoms with Crippen molar-refractivity contribution in [2.75, 3.05) is 13.6 Å². The molecule has 1 aliphatic carbocycles. The lowest BCUT2D eigenvalue weighted by Crippen LogP contribution is -2.28.